The number of carbonyl (C=O) groups is 2. The van der Waals surface area contributed by atoms with E-state index in [1.54, 1.807) is 0 Å². The fraction of sp³-hybridized carbons (Fsp3) is 0.667. The first-order valence-corrected chi connectivity index (χ1v) is 3.19. The number of hydrogen-bond acceptors (Lipinski definition) is 2. The summed E-state index contributed by atoms with van der Waals surface area (Å²) < 4.78 is 0. The summed E-state index contributed by atoms with van der Waals surface area (Å²) in [7, 11) is 0. The molecular formula is C6H11NO4. The second-order valence-electron chi connectivity index (χ2n) is 2.38. The van der Waals surface area contributed by atoms with Crippen molar-refractivity contribution in [1.29, 1.82) is 0 Å². The molecule has 5 nitrogen and oxygen atoms in total. The summed E-state index contributed by atoms with van der Waals surface area (Å²) in [5.74, 6) is -1.24. The molecule has 1 amide bonds. The van der Waals surface area contributed by atoms with Gasteiger partial charge in [0.05, 0.1) is 5.92 Å². The Morgan fingerprint density at radius 2 is 2.27 bits per heavy atom. The smallest absolute Gasteiger partial charge is 0.308 e. The van der Waals surface area contributed by atoms with Gasteiger partial charge >= 0.3 is 5.97 Å². The van der Waals surface area contributed by atoms with Crippen molar-refractivity contribution in [2.75, 3.05) is 6.54 Å². The summed E-state index contributed by atoms with van der Waals surface area (Å²) in [4.78, 5) is 20.8. The molecule has 0 saturated carbocycles. The number of carboxylic acids is 1. The van der Waals surface area contributed by atoms with E-state index in [-0.39, 0.29) is 23.8 Å². The van der Waals surface area contributed by atoms with E-state index in [4.69, 9.17) is 5.11 Å². The quantitative estimate of drug-likeness (QED) is 0.504. The van der Waals surface area contributed by atoms with Crippen LogP contribution in [0.5, 0.6) is 0 Å². The zero-order valence-corrected chi connectivity index (χ0v) is 5.96. The van der Waals surface area contributed by atoms with Crippen molar-refractivity contribution >= 4 is 11.9 Å². The van der Waals surface area contributed by atoms with Gasteiger partial charge in [0.25, 0.3) is 0 Å². The second-order valence-corrected chi connectivity index (χ2v) is 2.38. The van der Waals surface area contributed by atoms with Crippen LogP contribution in [0.25, 0.3) is 0 Å². The lowest BCUT2D eigenvalue weighted by atomic mass is 10.00. The average Bonchev–Trinajstić information content (AvgIpc) is 1.88. The minimum Gasteiger partial charge on any atom is -0.481 e. The zero-order valence-electron chi connectivity index (χ0n) is 5.96. The summed E-state index contributed by atoms with van der Waals surface area (Å²) in [6, 6.07) is 0. The highest BCUT2D eigenvalue weighted by Gasteiger charge is 2.23. The first kappa shape index (κ1) is 9.90. The van der Waals surface area contributed by atoms with Gasteiger partial charge in [0.2, 0.25) is 5.91 Å². The molecular weight excluding hydrogens is 150 g/mol. The molecule has 1 aliphatic heterocycles. The van der Waals surface area contributed by atoms with E-state index >= 15 is 0 Å². The van der Waals surface area contributed by atoms with Crippen LogP contribution in [0.1, 0.15) is 12.8 Å². The highest BCUT2D eigenvalue weighted by atomic mass is 16.4. The van der Waals surface area contributed by atoms with Crippen LogP contribution >= 0.6 is 0 Å². The predicted molar refractivity (Wildman–Crippen MR) is 37.0 cm³/mol. The third-order valence-electron chi connectivity index (χ3n) is 1.61. The van der Waals surface area contributed by atoms with Crippen molar-refractivity contribution in [2.45, 2.75) is 12.8 Å². The molecule has 0 aliphatic carbocycles. The molecule has 1 saturated heterocycles. The van der Waals surface area contributed by atoms with Crippen LogP contribution in [0.3, 0.4) is 0 Å². The summed E-state index contributed by atoms with van der Waals surface area (Å²) >= 11 is 0. The Labute approximate surface area is 63.7 Å². The van der Waals surface area contributed by atoms with Gasteiger partial charge in [-0.25, -0.2) is 0 Å². The largest absolute Gasteiger partial charge is 0.481 e. The van der Waals surface area contributed by atoms with Gasteiger partial charge < -0.3 is 15.9 Å². The topological polar surface area (TPSA) is 97.9 Å². The van der Waals surface area contributed by atoms with Crippen LogP contribution in [0.2, 0.25) is 0 Å². The van der Waals surface area contributed by atoms with Crippen molar-refractivity contribution in [2.24, 2.45) is 5.92 Å². The maximum absolute atomic E-state index is 10.5. The van der Waals surface area contributed by atoms with E-state index in [1.165, 1.54) is 0 Å². The number of piperidine rings is 1. The molecule has 0 aromatic rings. The third kappa shape index (κ3) is 2.55. The maximum atomic E-state index is 10.5. The van der Waals surface area contributed by atoms with Gasteiger partial charge in [0.15, 0.2) is 0 Å². The lowest BCUT2D eigenvalue weighted by Gasteiger charge is -2.17. The molecule has 5 heteroatoms. The third-order valence-corrected chi connectivity index (χ3v) is 1.61. The Hall–Kier alpha value is -1.10. The van der Waals surface area contributed by atoms with Crippen molar-refractivity contribution < 1.29 is 20.2 Å². The molecule has 1 aliphatic rings. The Bertz CT molecular complexity index is 158. The fourth-order valence-electron chi connectivity index (χ4n) is 0.944. The molecule has 1 atom stereocenters. The van der Waals surface area contributed by atoms with Gasteiger partial charge in [-0.1, -0.05) is 0 Å². The molecule has 4 N–H and O–H groups in total. The normalized spacial score (nSPS) is 23.3. The molecule has 1 heterocycles. The van der Waals surface area contributed by atoms with Gasteiger partial charge in [-0.2, -0.15) is 0 Å². The van der Waals surface area contributed by atoms with Gasteiger partial charge in [0, 0.05) is 13.0 Å². The van der Waals surface area contributed by atoms with Gasteiger partial charge in [-0.3, -0.25) is 9.59 Å². The molecule has 0 aromatic heterocycles. The Morgan fingerprint density at radius 3 is 2.64 bits per heavy atom. The van der Waals surface area contributed by atoms with E-state index in [2.05, 4.69) is 5.32 Å². The Kier molecular flexibility index (Phi) is 3.53. The van der Waals surface area contributed by atoms with Crippen LogP contribution in [0, 0.1) is 5.92 Å². The van der Waals surface area contributed by atoms with Crippen molar-refractivity contribution in [3.05, 3.63) is 0 Å². The number of amides is 1. The van der Waals surface area contributed by atoms with Crippen molar-refractivity contribution in [3.63, 3.8) is 0 Å². The van der Waals surface area contributed by atoms with Crippen LogP contribution in [0.15, 0.2) is 0 Å². The van der Waals surface area contributed by atoms with Crippen molar-refractivity contribution in [1.82, 2.24) is 5.32 Å². The lowest BCUT2D eigenvalue weighted by molar-refractivity contribution is -0.143. The number of hydrogen-bond donors (Lipinski definition) is 2. The number of carbonyl (C=O) groups excluding carboxylic acids is 1. The first-order chi connectivity index (χ1) is 4.70. The van der Waals surface area contributed by atoms with E-state index in [1.807, 2.05) is 0 Å². The standard InChI is InChI=1S/C6H9NO3.H2O/c8-5-2-1-4(3-7-5)6(9)10;/h4H,1-3H2,(H,7,8)(H,9,10);1H2. The molecule has 0 bridgehead atoms. The predicted octanol–water partition coefficient (Wildman–Crippen LogP) is -1.23. The maximum Gasteiger partial charge on any atom is 0.308 e. The fourth-order valence-corrected chi connectivity index (χ4v) is 0.944. The lowest BCUT2D eigenvalue weighted by Crippen LogP contribution is -2.38. The summed E-state index contributed by atoms with van der Waals surface area (Å²) in [5.41, 5.74) is 0. The number of carboxylic acid groups (broad SMARTS) is 1. The Balaban J connectivity index is 0.000001000. The number of nitrogens with one attached hydrogen (secondary N) is 1. The molecule has 1 rings (SSSR count). The molecule has 1 unspecified atom stereocenters. The minimum atomic E-state index is -0.819. The molecule has 64 valence electrons. The van der Waals surface area contributed by atoms with E-state index in [0.717, 1.165) is 0 Å². The number of aliphatic carboxylic acids is 1. The van der Waals surface area contributed by atoms with Crippen LogP contribution in [-0.4, -0.2) is 29.0 Å². The monoisotopic (exact) mass is 161 g/mol. The molecule has 11 heavy (non-hydrogen) atoms. The highest BCUT2D eigenvalue weighted by molar-refractivity contribution is 5.80. The Morgan fingerprint density at radius 1 is 1.64 bits per heavy atom. The van der Waals surface area contributed by atoms with Crippen LogP contribution in [-0.2, 0) is 9.59 Å². The van der Waals surface area contributed by atoms with E-state index < -0.39 is 5.97 Å². The molecule has 0 aromatic carbocycles. The summed E-state index contributed by atoms with van der Waals surface area (Å²) in [6.45, 7) is 0.286. The number of rotatable bonds is 1. The van der Waals surface area contributed by atoms with E-state index in [0.29, 0.717) is 12.8 Å². The SMILES string of the molecule is O.O=C1CCC(C(=O)O)CN1. The van der Waals surface area contributed by atoms with Gasteiger partial charge in [-0.15, -0.1) is 0 Å². The van der Waals surface area contributed by atoms with Gasteiger partial charge in [0.1, 0.15) is 0 Å². The zero-order chi connectivity index (χ0) is 7.56. The van der Waals surface area contributed by atoms with Crippen molar-refractivity contribution in [3.8, 4) is 0 Å². The summed E-state index contributed by atoms with van der Waals surface area (Å²) in [6.07, 6.45) is 0.818. The van der Waals surface area contributed by atoms with Gasteiger partial charge in [-0.05, 0) is 6.42 Å². The molecule has 0 spiro atoms. The first-order valence-electron chi connectivity index (χ1n) is 3.19. The highest BCUT2D eigenvalue weighted by Crippen LogP contribution is 2.09. The van der Waals surface area contributed by atoms with Crippen LogP contribution < -0.4 is 5.32 Å². The van der Waals surface area contributed by atoms with Crippen LogP contribution in [0.4, 0.5) is 0 Å². The average molecular weight is 161 g/mol. The second kappa shape index (κ2) is 3.92. The summed E-state index contributed by atoms with van der Waals surface area (Å²) in [5, 5.41) is 11.0. The van der Waals surface area contributed by atoms with E-state index in [9.17, 15) is 9.59 Å². The molecule has 0 radical (unpaired) electrons. The minimum absolute atomic E-state index is 0. The molecule has 1 fully saturated rings.